The number of carbonyl (C=O) groups is 3. The van der Waals surface area contributed by atoms with E-state index in [-0.39, 0.29) is 23.8 Å². The summed E-state index contributed by atoms with van der Waals surface area (Å²) in [4.78, 5) is 41.5. The molecule has 192 valence electrons. The smallest absolute Gasteiger partial charge is 0.408 e. The first-order chi connectivity index (χ1) is 15.7. The van der Waals surface area contributed by atoms with E-state index in [0.717, 1.165) is 29.5 Å². The molecule has 0 radical (unpaired) electrons. The third kappa shape index (κ3) is 8.99. The Morgan fingerprint density at radius 2 is 1.62 bits per heavy atom. The van der Waals surface area contributed by atoms with Crippen LogP contribution in [0.1, 0.15) is 91.0 Å². The molecule has 0 aromatic heterocycles. The fourth-order valence-electron chi connectivity index (χ4n) is 3.59. The van der Waals surface area contributed by atoms with Crippen LogP contribution in [0.15, 0.2) is 18.2 Å². The van der Waals surface area contributed by atoms with E-state index in [0.29, 0.717) is 6.54 Å². The Morgan fingerprint density at radius 3 is 2.09 bits per heavy atom. The van der Waals surface area contributed by atoms with Crippen molar-refractivity contribution in [3.63, 3.8) is 0 Å². The molecule has 0 spiro atoms. The third-order valence-electron chi connectivity index (χ3n) is 5.48. The quantitative estimate of drug-likeness (QED) is 0.496. The summed E-state index contributed by atoms with van der Waals surface area (Å²) in [5, 5.41) is 5.73. The van der Waals surface area contributed by atoms with Gasteiger partial charge in [-0.2, -0.15) is 0 Å². The van der Waals surface area contributed by atoms with Crippen molar-refractivity contribution in [1.29, 1.82) is 0 Å². The summed E-state index contributed by atoms with van der Waals surface area (Å²) in [6.07, 6.45) is 0.949. The van der Waals surface area contributed by atoms with Gasteiger partial charge in [0.05, 0.1) is 0 Å². The maximum absolute atomic E-state index is 13.9. The summed E-state index contributed by atoms with van der Waals surface area (Å²) in [6, 6.07) is 4.14. The maximum atomic E-state index is 13.9. The van der Waals surface area contributed by atoms with Crippen molar-refractivity contribution >= 4 is 17.9 Å². The van der Waals surface area contributed by atoms with E-state index in [9.17, 15) is 14.4 Å². The van der Waals surface area contributed by atoms with Crippen LogP contribution in [0.25, 0.3) is 0 Å². The van der Waals surface area contributed by atoms with Gasteiger partial charge in [0.15, 0.2) is 0 Å². The summed E-state index contributed by atoms with van der Waals surface area (Å²) in [5.74, 6) is -0.725. The van der Waals surface area contributed by atoms with E-state index in [1.165, 1.54) is 0 Å². The van der Waals surface area contributed by atoms with Gasteiger partial charge in [-0.15, -0.1) is 0 Å². The number of nitrogens with one attached hydrogen (secondary N) is 2. The minimum Gasteiger partial charge on any atom is -0.444 e. The Morgan fingerprint density at radius 1 is 1.00 bits per heavy atom. The summed E-state index contributed by atoms with van der Waals surface area (Å²) < 4.78 is 5.40. The summed E-state index contributed by atoms with van der Waals surface area (Å²) in [5.41, 5.74) is 2.24. The lowest BCUT2D eigenvalue weighted by molar-refractivity contribution is -0.143. The Balaban J connectivity index is 3.48. The molecule has 0 saturated carbocycles. The number of hydrogen-bond acceptors (Lipinski definition) is 4. The number of rotatable bonds is 10. The van der Waals surface area contributed by atoms with Crippen LogP contribution in [0.4, 0.5) is 4.79 Å². The van der Waals surface area contributed by atoms with Crippen LogP contribution < -0.4 is 10.6 Å². The number of amides is 3. The fourth-order valence-corrected chi connectivity index (χ4v) is 3.59. The Bertz CT molecular complexity index is 843. The van der Waals surface area contributed by atoms with Gasteiger partial charge in [0, 0.05) is 12.6 Å². The van der Waals surface area contributed by atoms with E-state index in [1.807, 2.05) is 66.7 Å². The molecule has 2 unspecified atom stereocenters. The lowest BCUT2D eigenvalue weighted by atomic mass is 9.96. The molecule has 0 fully saturated rings. The van der Waals surface area contributed by atoms with Gasteiger partial charge in [0.1, 0.15) is 17.7 Å². The van der Waals surface area contributed by atoms with Crippen LogP contribution in [-0.2, 0) is 14.3 Å². The molecule has 1 rings (SSSR count). The molecule has 34 heavy (non-hydrogen) atoms. The summed E-state index contributed by atoms with van der Waals surface area (Å²) in [7, 11) is 0. The lowest BCUT2D eigenvalue weighted by Gasteiger charge is -2.36. The predicted molar refractivity (Wildman–Crippen MR) is 137 cm³/mol. The standard InChI is InChI=1S/C27H45N3O4/c1-11-12-15-30(25(32)22(17(2)3)29-26(33)34-27(8,9)10)23(24(31)28-18(4)5)21-14-13-19(6)20(7)16-21/h13-14,16-18,22-23H,11-12,15H2,1-10H3,(H,28,31)(H,29,33). The topological polar surface area (TPSA) is 87.7 Å². The first-order valence-corrected chi connectivity index (χ1v) is 12.3. The van der Waals surface area contributed by atoms with Crippen molar-refractivity contribution < 1.29 is 19.1 Å². The predicted octanol–water partition coefficient (Wildman–Crippen LogP) is 5.05. The van der Waals surface area contributed by atoms with E-state index >= 15 is 0 Å². The molecule has 0 bridgehead atoms. The highest BCUT2D eigenvalue weighted by Gasteiger charge is 2.37. The van der Waals surface area contributed by atoms with Crippen LogP contribution >= 0.6 is 0 Å². The molecule has 0 aliphatic heterocycles. The average Bonchev–Trinajstić information content (AvgIpc) is 2.69. The molecule has 3 amide bonds. The molecule has 0 saturated heterocycles. The van der Waals surface area contributed by atoms with Crippen LogP contribution in [0.2, 0.25) is 0 Å². The molecule has 0 heterocycles. The molecular weight excluding hydrogens is 430 g/mol. The number of alkyl carbamates (subject to hydrolysis) is 1. The Hall–Kier alpha value is -2.57. The Labute approximate surface area is 206 Å². The minimum absolute atomic E-state index is 0.0783. The Kier molecular flexibility index (Phi) is 11.1. The number of ether oxygens (including phenoxy) is 1. The van der Waals surface area contributed by atoms with Gasteiger partial charge in [-0.1, -0.05) is 45.4 Å². The van der Waals surface area contributed by atoms with E-state index < -0.39 is 23.8 Å². The molecule has 2 atom stereocenters. The van der Waals surface area contributed by atoms with Crippen molar-refractivity contribution in [2.75, 3.05) is 6.54 Å². The zero-order valence-electron chi connectivity index (χ0n) is 22.7. The van der Waals surface area contributed by atoms with Gasteiger partial charge in [0.25, 0.3) is 0 Å². The number of hydrogen-bond donors (Lipinski definition) is 2. The number of benzene rings is 1. The van der Waals surface area contributed by atoms with Crippen molar-refractivity contribution in [1.82, 2.24) is 15.5 Å². The van der Waals surface area contributed by atoms with Gasteiger partial charge in [-0.05, 0) is 77.5 Å². The largest absolute Gasteiger partial charge is 0.444 e. The van der Waals surface area contributed by atoms with E-state index in [4.69, 9.17) is 4.74 Å². The fraction of sp³-hybridized carbons (Fsp3) is 0.667. The first-order valence-electron chi connectivity index (χ1n) is 12.3. The molecule has 2 N–H and O–H groups in total. The van der Waals surface area contributed by atoms with Crippen LogP contribution in [0.5, 0.6) is 0 Å². The number of aryl methyl sites for hydroxylation is 2. The summed E-state index contributed by atoms with van der Waals surface area (Å²) >= 11 is 0. The van der Waals surface area contributed by atoms with Crippen molar-refractivity contribution in [3.8, 4) is 0 Å². The second-order valence-corrected chi connectivity index (χ2v) is 10.7. The maximum Gasteiger partial charge on any atom is 0.408 e. The molecular formula is C27H45N3O4. The van der Waals surface area contributed by atoms with Crippen LogP contribution in [0, 0.1) is 19.8 Å². The van der Waals surface area contributed by atoms with Crippen molar-refractivity contribution in [2.24, 2.45) is 5.92 Å². The second kappa shape index (κ2) is 12.8. The van der Waals surface area contributed by atoms with Gasteiger partial charge in [-0.25, -0.2) is 4.79 Å². The zero-order valence-corrected chi connectivity index (χ0v) is 22.7. The highest BCUT2D eigenvalue weighted by molar-refractivity contribution is 5.92. The first kappa shape index (κ1) is 29.5. The number of carbonyl (C=O) groups excluding carboxylic acids is 3. The van der Waals surface area contributed by atoms with Crippen LogP contribution in [-0.4, -0.2) is 47.0 Å². The van der Waals surface area contributed by atoms with E-state index in [1.54, 1.807) is 25.7 Å². The number of unbranched alkanes of at least 4 members (excludes halogenated alkanes) is 1. The zero-order chi connectivity index (χ0) is 26.2. The third-order valence-corrected chi connectivity index (χ3v) is 5.48. The highest BCUT2D eigenvalue weighted by atomic mass is 16.6. The van der Waals surface area contributed by atoms with Gasteiger partial charge in [-0.3, -0.25) is 9.59 Å². The van der Waals surface area contributed by atoms with E-state index in [2.05, 4.69) is 10.6 Å². The second-order valence-electron chi connectivity index (χ2n) is 10.7. The molecule has 0 aliphatic rings. The molecule has 7 heteroatoms. The monoisotopic (exact) mass is 475 g/mol. The van der Waals surface area contributed by atoms with Crippen molar-refractivity contribution in [3.05, 3.63) is 34.9 Å². The highest BCUT2D eigenvalue weighted by Crippen LogP contribution is 2.26. The minimum atomic E-state index is -0.826. The van der Waals surface area contributed by atoms with Crippen LogP contribution in [0.3, 0.4) is 0 Å². The molecule has 7 nitrogen and oxygen atoms in total. The lowest BCUT2D eigenvalue weighted by Crippen LogP contribution is -2.55. The van der Waals surface area contributed by atoms with Gasteiger partial charge >= 0.3 is 6.09 Å². The van der Waals surface area contributed by atoms with Gasteiger partial charge in [0.2, 0.25) is 11.8 Å². The summed E-state index contributed by atoms with van der Waals surface area (Å²) in [6.45, 7) is 19.3. The molecule has 1 aromatic carbocycles. The number of nitrogens with zero attached hydrogens (tertiary/aromatic N) is 1. The van der Waals surface area contributed by atoms with Gasteiger partial charge < -0.3 is 20.3 Å². The molecule has 0 aliphatic carbocycles. The van der Waals surface area contributed by atoms with Crippen molar-refractivity contribution in [2.45, 2.75) is 106 Å². The normalized spacial score (nSPS) is 13.4. The SMILES string of the molecule is CCCCN(C(=O)C(NC(=O)OC(C)(C)C)C(C)C)C(C(=O)NC(C)C)c1ccc(C)c(C)c1. The average molecular weight is 476 g/mol. The molecule has 1 aromatic rings.